The summed E-state index contributed by atoms with van der Waals surface area (Å²) in [5.41, 5.74) is 0. The van der Waals surface area contributed by atoms with Crippen molar-refractivity contribution in [3.63, 3.8) is 0 Å². The van der Waals surface area contributed by atoms with Gasteiger partial charge in [-0.3, -0.25) is 0 Å². The van der Waals surface area contributed by atoms with Gasteiger partial charge in [0, 0.05) is 0 Å². The Morgan fingerprint density at radius 3 is 1.50 bits per heavy atom. The van der Waals surface area contributed by atoms with Crippen LogP contribution in [0.5, 0.6) is 0 Å². The van der Waals surface area contributed by atoms with Crippen molar-refractivity contribution < 1.29 is 10.2 Å². The molecule has 10 heavy (non-hydrogen) atoms. The van der Waals surface area contributed by atoms with Crippen molar-refractivity contribution >= 4 is 46.4 Å². The van der Waals surface area contributed by atoms with Crippen LogP contribution in [-0.2, 0) is 0 Å². The summed E-state index contributed by atoms with van der Waals surface area (Å²) in [6.07, 6.45) is 0. The summed E-state index contributed by atoms with van der Waals surface area (Å²) in [4.78, 5) is 0. The average Bonchev–Trinajstić information content (AvgIpc) is 1.62. The molecule has 6 heteroatoms. The minimum atomic E-state index is -2.71. The minimum Gasteiger partial charge on any atom is -0.351 e. The van der Waals surface area contributed by atoms with Crippen LogP contribution in [0.1, 0.15) is 6.92 Å². The van der Waals surface area contributed by atoms with Crippen LogP contribution < -0.4 is 0 Å². The Hall–Kier alpha value is 1.08. The van der Waals surface area contributed by atoms with Gasteiger partial charge in [0.15, 0.2) is 0 Å². The predicted octanol–water partition coefficient (Wildman–Crippen LogP) is 1.66. The second-order valence-electron chi connectivity index (χ2n) is 1.83. The van der Waals surface area contributed by atoms with Crippen molar-refractivity contribution in [2.75, 3.05) is 0 Å². The zero-order valence-electron chi connectivity index (χ0n) is 4.98. The fourth-order valence-corrected chi connectivity index (χ4v) is 0.625. The number of hydrogen-bond acceptors (Lipinski definition) is 2. The van der Waals surface area contributed by atoms with E-state index >= 15 is 0 Å². The van der Waals surface area contributed by atoms with Crippen LogP contribution in [0.2, 0.25) is 0 Å². The largest absolute Gasteiger partial charge is 0.351 e. The molecule has 1 unspecified atom stereocenters. The lowest BCUT2D eigenvalue weighted by Gasteiger charge is -2.30. The third-order valence-corrected chi connectivity index (χ3v) is 3.15. The second-order valence-corrected chi connectivity index (χ2v) is 4.39. The maximum Gasteiger partial charge on any atom is 0.279 e. The van der Waals surface area contributed by atoms with E-state index in [0.29, 0.717) is 0 Å². The molecule has 0 bridgehead atoms. The van der Waals surface area contributed by atoms with E-state index in [1.807, 2.05) is 0 Å². The first kappa shape index (κ1) is 11.1. The molecule has 0 heterocycles. The van der Waals surface area contributed by atoms with Gasteiger partial charge >= 0.3 is 0 Å². The molecule has 2 N–H and O–H groups in total. The first-order chi connectivity index (χ1) is 4.19. The van der Waals surface area contributed by atoms with Crippen molar-refractivity contribution in [1.82, 2.24) is 0 Å². The zero-order chi connectivity index (χ0) is 8.58. The number of hydrogen-bond donors (Lipinski definition) is 2. The van der Waals surface area contributed by atoms with Crippen molar-refractivity contribution in [2.45, 2.75) is 21.9 Å². The highest BCUT2D eigenvalue weighted by Crippen LogP contribution is 2.40. The summed E-state index contributed by atoms with van der Waals surface area (Å²) in [6, 6.07) is 0. The fourth-order valence-electron chi connectivity index (χ4n) is 0.253. The summed E-state index contributed by atoms with van der Waals surface area (Å²) < 4.78 is -1.98. The molecule has 0 aromatic carbocycles. The molecule has 0 aromatic rings. The predicted molar refractivity (Wildman–Crippen MR) is 42.8 cm³/mol. The Kier molecular flexibility index (Phi) is 3.56. The number of aliphatic hydroxyl groups is 2. The number of halogens is 4. The molecule has 0 saturated heterocycles. The Labute approximate surface area is 78.6 Å². The molecule has 0 aliphatic heterocycles. The normalized spacial score (nSPS) is 17.1. The Morgan fingerprint density at radius 1 is 1.20 bits per heavy atom. The monoisotopic (exact) mass is 226 g/mol. The number of alkyl halides is 4. The summed E-state index contributed by atoms with van der Waals surface area (Å²) >= 11 is 21.1. The van der Waals surface area contributed by atoms with Crippen LogP contribution in [-0.4, -0.2) is 25.2 Å². The van der Waals surface area contributed by atoms with Crippen molar-refractivity contribution in [3.05, 3.63) is 0 Å². The van der Waals surface area contributed by atoms with Gasteiger partial charge in [0.05, 0.1) is 5.38 Å². The molecule has 0 rings (SSSR count). The lowest BCUT2D eigenvalue weighted by Crippen LogP contribution is -2.46. The van der Waals surface area contributed by atoms with Crippen LogP contribution in [0.15, 0.2) is 0 Å². The molecule has 0 aliphatic carbocycles. The topological polar surface area (TPSA) is 40.5 Å². The molecule has 0 fully saturated rings. The summed E-state index contributed by atoms with van der Waals surface area (Å²) in [5, 5.41) is 13.8. The van der Waals surface area contributed by atoms with Crippen LogP contribution in [0.25, 0.3) is 0 Å². The molecule has 0 aromatic heterocycles. The molecule has 1 atom stereocenters. The van der Waals surface area contributed by atoms with E-state index in [9.17, 15) is 0 Å². The SMILES string of the molecule is CC(Cl)C(Cl)(Cl)C(O)(O)Cl. The lowest BCUT2D eigenvalue weighted by atomic mass is 10.3. The highest BCUT2D eigenvalue weighted by molar-refractivity contribution is 6.56. The maximum absolute atomic E-state index is 8.69. The third kappa shape index (κ3) is 2.29. The van der Waals surface area contributed by atoms with Gasteiger partial charge in [-0.25, -0.2) is 0 Å². The Balaban J connectivity index is 4.40. The Bertz CT molecular complexity index is 117. The first-order valence-electron chi connectivity index (χ1n) is 2.35. The summed E-state index contributed by atoms with van der Waals surface area (Å²) in [7, 11) is 0. The average molecular weight is 228 g/mol. The van der Waals surface area contributed by atoms with E-state index in [0.717, 1.165) is 0 Å². The van der Waals surface area contributed by atoms with Gasteiger partial charge in [0.1, 0.15) is 0 Å². The molecule has 0 radical (unpaired) electrons. The molecule has 0 amide bonds. The minimum absolute atomic E-state index is 0.872. The molecule has 0 aliphatic rings. The second kappa shape index (κ2) is 3.21. The van der Waals surface area contributed by atoms with E-state index in [-0.39, 0.29) is 0 Å². The van der Waals surface area contributed by atoms with Gasteiger partial charge < -0.3 is 10.2 Å². The van der Waals surface area contributed by atoms with Gasteiger partial charge in [-0.05, 0) is 6.92 Å². The lowest BCUT2D eigenvalue weighted by molar-refractivity contribution is -0.0955. The third-order valence-electron chi connectivity index (χ3n) is 0.924. The van der Waals surface area contributed by atoms with Crippen LogP contribution in [0.3, 0.4) is 0 Å². The summed E-state index contributed by atoms with van der Waals surface area (Å²) in [6.45, 7) is 1.39. The highest BCUT2D eigenvalue weighted by Gasteiger charge is 2.49. The van der Waals surface area contributed by atoms with Gasteiger partial charge in [-0.15, -0.1) is 11.6 Å². The van der Waals surface area contributed by atoms with Gasteiger partial charge in [-0.1, -0.05) is 34.8 Å². The van der Waals surface area contributed by atoms with E-state index in [2.05, 4.69) is 0 Å². The smallest absolute Gasteiger partial charge is 0.279 e. The van der Waals surface area contributed by atoms with Gasteiger partial charge in [-0.2, -0.15) is 0 Å². The van der Waals surface area contributed by atoms with Crippen LogP contribution >= 0.6 is 46.4 Å². The maximum atomic E-state index is 8.69. The van der Waals surface area contributed by atoms with Crippen LogP contribution in [0.4, 0.5) is 0 Å². The quantitative estimate of drug-likeness (QED) is 0.557. The fraction of sp³-hybridized carbons (Fsp3) is 1.00. The summed E-state index contributed by atoms with van der Waals surface area (Å²) in [5.74, 6) is 0. The first-order valence-corrected chi connectivity index (χ1v) is 3.92. The van der Waals surface area contributed by atoms with E-state index in [1.165, 1.54) is 6.92 Å². The van der Waals surface area contributed by atoms with Crippen molar-refractivity contribution in [3.8, 4) is 0 Å². The molecular formula is C4H6Cl4O2. The van der Waals surface area contributed by atoms with E-state index in [4.69, 9.17) is 56.6 Å². The molecule has 62 valence electrons. The molecule has 0 saturated carbocycles. The van der Waals surface area contributed by atoms with Crippen molar-refractivity contribution in [1.29, 1.82) is 0 Å². The zero-order valence-corrected chi connectivity index (χ0v) is 8.01. The van der Waals surface area contributed by atoms with E-state index in [1.54, 1.807) is 0 Å². The van der Waals surface area contributed by atoms with E-state index < -0.39 is 15.0 Å². The standard InChI is InChI=1S/C4H6Cl4O2/c1-2(5)3(6,7)4(8,9)10/h2,9-10H,1H3. The van der Waals surface area contributed by atoms with Crippen LogP contribution in [0, 0.1) is 0 Å². The highest BCUT2D eigenvalue weighted by atomic mass is 35.5. The van der Waals surface area contributed by atoms with Gasteiger partial charge in [0.25, 0.3) is 5.25 Å². The van der Waals surface area contributed by atoms with Gasteiger partial charge in [0.2, 0.25) is 4.33 Å². The molecular weight excluding hydrogens is 222 g/mol. The number of rotatable bonds is 2. The Morgan fingerprint density at radius 2 is 1.50 bits per heavy atom. The molecule has 0 spiro atoms. The van der Waals surface area contributed by atoms with Crippen molar-refractivity contribution in [2.24, 2.45) is 0 Å². The molecule has 2 nitrogen and oxygen atoms in total.